The molecule has 1 saturated carbocycles. The first-order chi connectivity index (χ1) is 11.0. The van der Waals surface area contributed by atoms with Crippen LogP contribution in [0.3, 0.4) is 0 Å². The fourth-order valence-electron chi connectivity index (χ4n) is 3.13. The first-order valence-corrected chi connectivity index (χ1v) is 8.45. The van der Waals surface area contributed by atoms with Gasteiger partial charge in [-0.25, -0.2) is 4.79 Å². The van der Waals surface area contributed by atoms with Crippen LogP contribution in [-0.2, 0) is 13.1 Å². The Bertz CT molecular complexity index is 505. The standard InChI is InChI=1S/C18H29N3O2/c1-21(2)13-16-7-3-5-14(9-16)11-19-18(23)20-12-15-6-4-8-17(22)10-15/h3,5,7,9,15,17,22H,4,6,8,10-13H2,1-2H3,(H2,19,20,23). The van der Waals surface area contributed by atoms with Crippen LogP contribution < -0.4 is 10.6 Å². The van der Waals surface area contributed by atoms with Gasteiger partial charge in [0.15, 0.2) is 0 Å². The molecule has 0 radical (unpaired) electrons. The molecular formula is C18H29N3O2. The molecule has 0 aromatic heterocycles. The molecule has 1 fully saturated rings. The first kappa shape index (κ1) is 17.8. The summed E-state index contributed by atoms with van der Waals surface area (Å²) in [6.07, 6.45) is 3.63. The molecule has 2 unspecified atom stereocenters. The van der Waals surface area contributed by atoms with Gasteiger partial charge in [-0.3, -0.25) is 0 Å². The number of aliphatic hydroxyl groups excluding tert-OH is 1. The number of amides is 2. The third-order valence-corrected chi connectivity index (χ3v) is 4.25. The summed E-state index contributed by atoms with van der Waals surface area (Å²) >= 11 is 0. The lowest BCUT2D eigenvalue weighted by Gasteiger charge is -2.25. The minimum Gasteiger partial charge on any atom is -0.393 e. The fourth-order valence-corrected chi connectivity index (χ4v) is 3.13. The Morgan fingerprint density at radius 1 is 1.26 bits per heavy atom. The van der Waals surface area contributed by atoms with Crippen LogP contribution in [0.4, 0.5) is 4.79 Å². The SMILES string of the molecule is CN(C)Cc1cccc(CNC(=O)NCC2CCCC(O)C2)c1. The van der Waals surface area contributed by atoms with Gasteiger partial charge in [-0.1, -0.05) is 30.7 Å². The van der Waals surface area contributed by atoms with E-state index in [1.165, 1.54) is 5.56 Å². The summed E-state index contributed by atoms with van der Waals surface area (Å²) in [6, 6.07) is 8.13. The number of carbonyl (C=O) groups is 1. The highest BCUT2D eigenvalue weighted by Gasteiger charge is 2.20. The highest BCUT2D eigenvalue weighted by atomic mass is 16.3. The zero-order chi connectivity index (χ0) is 16.7. The molecule has 1 aliphatic rings. The number of hydrogen-bond donors (Lipinski definition) is 3. The van der Waals surface area contributed by atoms with E-state index in [2.05, 4.69) is 27.7 Å². The van der Waals surface area contributed by atoms with Gasteiger partial charge in [0, 0.05) is 19.6 Å². The van der Waals surface area contributed by atoms with E-state index in [0.717, 1.165) is 37.8 Å². The maximum Gasteiger partial charge on any atom is 0.315 e. The van der Waals surface area contributed by atoms with Crippen LogP contribution in [0.5, 0.6) is 0 Å². The maximum absolute atomic E-state index is 11.9. The number of rotatable bonds is 6. The van der Waals surface area contributed by atoms with Crippen molar-refractivity contribution in [3.63, 3.8) is 0 Å². The normalized spacial score (nSPS) is 21.2. The summed E-state index contributed by atoms with van der Waals surface area (Å²) in [5.41, 5.74) is 2.35. The monoisotopic (exact) mass is 319 g/mol. The lowest BCUT2D eigenvalue weighted by Crippen LogP contribution is -2.39. The highest BCUT2D eigenvalue weighted by Crippen LogP contribution is 2.23. The average molecular weight is 319 g/mol. The number of nitrogens with one attached hydrogen (secondary N) is 2. The van der Waals surface area contributed by atoms with E-state index in [0.29, 0.717) is 19.0 Å². The molecule has 2 amide bonds. The third-order valence-electron chi connectivity index (χ3n) is 4.25. The average Bonchev–Trinajstić information content (AvgIpc) is 2.51. The number of aliphatic hydroxyl groups is 1. The molecule has 2 rings (SSSR count). The van der Waals surface area contributed by atoms with Crippen molar-refractivity contribution in [1.29, 1.82) is 0 Å². The quantitative estimate of drug-likeness (QED) is 0.752. The van der Waals surface area contributed by atoms with Crippen LogP contribution in [0, 0.1) is 5.92 Å². The number of nitrogens with zero attached hydrogens (tertiary/aromatic N) is 1. The highest BCUT2D eigenvalue weighted by molar-refractivity contribution is 5.73. The summed E-state index contributed by atoms with van der Waals surface area (Å²) in [5.74, 6) is 0.396. The van der Waals surface area contributed by atoms with E-state index in [4.69, 9.17) is 0 Å². The lowest BCUT2D eigenvalue weighted by molar-refractivity contribution is 0.101. The van der Waals surface area contributed by atoms with Gasteiger partial charge >= 0.3 is 6.03 Å². The molecule has 0 spiro atoms. The molecule has 0 heterocycles. The second kappa shape index (κ2) is 8.89. The second-order valence-corrected chi connectivity index (χ2v) is 6.81. The van der Waals surface area contributed by atoms with E-state index in [1.807, 2.05) is 26.2 Å². The van der Waals surface area contributed by atoms with E-state index < -0.39 is 0 Å². The Morgan fingerprint density at radius 2 is 2.04 bits per heavy atom. The molecule has 0 bridgehead atoms. The van der Waals surface area contributed by atoms with Crippen molar-refractivity contribution < 1.29 is 9.90 Å². The summed E-state index contributed by atoms with van der Waals surface area (Å²) in [5, 5.41) is 15.5. The minimum absolute atomic E-state index is 0.136. The van der Waals surface area contributed by atoms with Crippen LogP contribution in [0.25, 0.3) is 0 Å². The van der Waals surface area contributed by atoms with Crippen molar-refractivity contribution in [3.8, 4) is 0 Å². The molecule has 3 N–H and O–H groups in total. The fraction of sp³-hybridized carbons (Fsp3) is 0.611. The summed E-state index contributed by atoms with van der Waals surface area (Å²) < 4.78 is 0. The van der Waals surface area contributed by atoms with E-state index in [9.17, 15) is 9.90 Å². The predicted molar refractivity (Wildman–Crippen MR) is 92.0 cm³/mol. The molecule has 128 valence electrons. The molecule has 1 aromatic carbocycles. The van der Waals surface area contributed by atoms with Crippen molar-refractivity contribution in [3.05, 3.63) is 35.4 Å². The van der Waals surface area contributed by atoms with Crippen LogP contribution in [0.2, 0.25) is 0 Å². The van der Waals surface area contributed by atoms with Crippen molar-refractivity contribution in [1.82, 2.24) is 15.5 Å². The molecule has 0 aliphatic heterocycles. The van der Waals surface area contributed by atoms with Crippen LogP contribution >= 0.6 is 0 Å². The van der Waals surface area contributed by atoms with Crippen molar-refractivity contribution in [2.75, 3.05) is 20.6 Å². The molecule has 5 heteroatoms. The number of carbonyl (C=O) groups excluding carboxylic acids is 1. The third kappa shape index (κ3) is 6.59. The van der Waals surface area contributed by atoms with E-state index in [1.54, 1.807) is 0 Å². The Labute approximate surface area is 139 Å². The van der Waals surface area contributed by atoms with Crippen LogP contribution in [0.15, 0.2) is 24.3 Å². The zero-order valence-electron chi connectivity index (χ0n) is 14.2. The molecule has 23 heavy (non-hydrogen) atoms. The number of urea groups is 1. The topological polar surface area (TPSA) is 64.6 Å². The van der Waals surface area contributed by atoms with Gasteiger partial charge in [0.25, 0.3) is 0 Å². The van der Waals surface area contributed by atoms with E-state index in [-0.39, 0.29) is 12.1 Å². The van der Waals surface area contributed by atoms with Gasteiger partial charge in [0.05, 0.1) is 6.10 Å². The second-order valence-electron chi connectivity index (χ2n) is 6.81. The van der Waals surface area contributed by atoms with Crippen molar-refractivity contribution >= 4 is 6.03 Å². The van der Waals surface area contributed by atoms with Crippen molar-refractivity contribution in [2.24, 2.45) is 5.92 Å². The Balaban J connectivity index is 1.71. The summed E-state index contributed by atoms with van der Waals surface area (Å²) in [7, 11) is 4.08. The van der Waals surface area contributed by atoms with Gasteiger partial charge in [-0.05, 0) is 50.4 Å². The van der Waals surface area contributed by atoms with Crippen LogP contribution in [-0.4, -0.2) is 42.8 Å². The number of hydrogen-bond acceptors (Lipinski definition) is 3. The Kier molecular flexibility index (Phi) is 6.86. The zero-order valence-corrected chi connectivity index (χ0v) is 14.2. The molecule has 0 saturated heterocycles. The summed E-state index contributed by atoms with van der Waals surface area (Å²) in [6.45, 7) is 2.06. The minimum atomic E-state index is -0.196. The maximum atomic E-state index is 11.9. The lowest BCUT2D eigenvalue weighted by atomic mass is 9.87. The van der Waals surface area contributed by atoms with Crippen molar-refractivity contribution in [2.45, 2.75) is 44.9 Å². The smallest absolute Gasteiger partial charge is 0.315 e. The van der Waals surface area contributed by atoms with Gasteiger partial charge in [0.1, 0.15) is 0 Å². The number of benzene rings is 1. The van der Waals surface area contributed by atoms with Gasteiger partial charge in [-0.2, -0.15) is 0 Å². The molecule has 1 aromatic rings. The Hall–Kier alpha value is -1.59. The van der Waals surface area contributed by atoms with Gasteiger partial charge in [-0.15, -0.1) is 0 Å². The van der Waals surface area contributed by atoms with Gasteiger partial charge in [0.2, 0.25) is 0 Å². The molecule has 2 atom stereocenters. The predicted octanol–water partition coefficient (Wildman–Crippen LogP) is 2.10. The molecule has 5 nitrogen and oxygen atoms in total. The molecule has 1 aliphatic carbocycles. The molecular weight excluding hydrogens is 290 g/mol. The van der Waals surface area contributed by atoms with E-state index >= 15 is 0 Å². The van der Waals surface area contributed by atoms with Gasteiger partial charge < -0.3 is 20.6 Å². The Morgan fingerprint density at radius 3 is 2.78 bits per heavy atom. The summed E-state index contributed by atoms with van der Waals surface area (Å²) in [4.78, 5) is 14.0. The largest absolute Gasteiger partial charge is 0.393 e. The first-order valence-electron chi connectivity index (χ1n) is 8.45. The van der Waals surface area contributed by atoms with Crippen LogP contribution in [0.1, 0.15) is 36.8 Å².